The molecule has 1 saturated carbocycles. The molecule has 0 spiro atoms. The minimum atomic E-state index is -3.31. The maximum atomic E-state index is 15.4. The maximum absolute atomic E-state index is 15.4. The fourth-order valence-electron chi connectivity index (χ4n) is 3.66. The molecule has 0 amide bonds. The second kappa shape index (κ2) is 8.71. The first kappa shape index (κ1) is 22.6. The predicted octanol–water partition coefficient (Wildman–Crippen LogP) is 0.681. The van der Waals surface area contributed by atoms with Crippen LogP contribution >= 0.6 is 0 Å². The van der Waals surface area contributed by atoms with Gasteiger partial charge < -0.3 is 20.1 Å². The van der Waals surface area contributed by atoms with E-state index >= 15 is 4.39 Å². The molecule has 0 radical (unpaired) electrons. The summed E-state index contributed by atoms with van der Waals surface area (Å²) in [6.07, 6.45) is 4.46. The van der Waals surface area contributed by atoms with Crippen LogP contribution in [-0.4, -0.2) is 83.9 Å². The van der Waals surface area contributed by atoms with Gasteiger partial charge in [0, 0.05) is 50.4 Å². The molecule has 0 unspecified atom stereocenters. The number of sulfonamides is 1. The Balaban J connectivity index is 1.63. The Morgan fingerprint density at radius 2 is 1.97 bits per heavy atom. The Hall–Kier alpha value is -2.64. The summed E-state index contributed by atoms with van der Waals surface area (Å²) in [7, 11) is -1.78. The minimum Gasteiger partial charge on any atom is -0.472 e. The van der Waals surface area contributed by atoms with Gasteiger partial charge in [-0.15, -0.1) is 0 Å². The number of nitrogens with two attached hydrogens (primary N) is 1. The molecular weight excluding hydrogens is 441 g/mol. The van der Waals surface area contributed by atoms with Gasteiger partial charge in [0.25, 0.3) is 5.88 Å². The van der Waals surface area contributed by atoms with Gasteiger partial charge in [0.2, 0.25) is 27.7 Å². The molecule has 11 nitrogen and oxygen atoms in total. The molecule has 2 aromatic heterocycles. The van der Waals surface area contributed by atoms with Crippen LogP contribution in [0.1, 0.15) is 19.8 Å². The van der Waals surface area contributed by atoms with Crippen molar-refractivity contribution in [2.75, 3.05) is 43.7 Å². The molecular formula is C19H26FN7O4S. The highest BCUT2D eigenvalue weighted by Gasteiger charge is 2.38. The van der Waals surface area contributed by atoms with E-state index < -0.39 is 15.8 Å². The van der Waals surface area contributed by atoms with Gasteiger partial charge in [0.05, 0.1) is 25.5 Å². The van der Waals surface area contributed by atoms with Gasteiger partial charge >= 0.3 is 0 Å². The maximum Gasteiger partial charge on any atom is 0.256 e. The molecule has 1 saturated heterocycles. The molecule has 1 atom stereocenters. The van der Waals surface area contributed by atoms with Crippen molar-refractivity contribution < 1.29 is 22.3 Å². The average molecular weight is 468 g/mol. The third-order valence-electron chi connectivity index (χ3n) is 5.76. The Morgan fingerprint density at radius 1 is 1.28 bits per heavy atom. The lowest BCUT2D eigenvalue weighted by Gasteiger charge is -2.39. The summed E-state index contributed by atoms with van der Waals surface area (Å²) in [5, 5.41) is 0. The summed E-state index contributed by atoms with van der Waals surface area (Å²) in [4.78, 5) is 18.6. The molecule has 2 aliphatic rings. The van der Waals surface area contributed by atoms with Crippen LogP contribution in [0.15, 0.2) is 12.4 Å². The number of morpholine rings is 1. The highest BCUT2D eigenvalue weighted by atomic mass is 32.2. The molecule has 2 N–H and O–H groups in total. The van der Waals surface area contributed by atoms with Gasteiger partial charge in [-0.05, 0) is 6.92 Å². The molecule has 174 valence electrons. The normalized spacial score (nSPS) is 23.8. The fourth-order valence-corrected chi connectivity index (χ4v) is 4.37. The molecule has 0 aromatic carbocycles. The van der Waals surface area contributed by atoms with Crippen LogP contribution in [-0.2, 0) is 14.8 Å². The number of anilines is 2. The lowest BCUT2D eigenvalue weighted by atomic mass is 9.89. The van der Waals surface area contributed by atoms with Gasteiger partial charge in [-0.1, -0.05) is 0 Å². The zero-order valence-electron chi connectivity index (χ0n) is 18.1. The number of ether oxygens (including phenoxy) is 2. The van der Waals surface area contributed by atoms with Crippen molar-refractivity contribution in [3.63, 3.8) is 0 Å². The van der Waals surface area contributed by atoms with Crippen LogP contribution in [0.3, 0.4) is 0 Å². The quantitative estimate of drug-likeness (QED) is 0.646. The van der Waals surface area contributed by atoms with Crippen LogP contribution in [0.25, 0.3) is 11.3 Å². The SMILES string of the molecule is C[C@H]1COCCN1c1nc(O[C@H]2C[C@H](N(C)S(C)(=O)=O)C2)c(F)c(-c2cnc(N)nc2)n1. The summed E-state index contributed by atoms with van der Waals surface area (Å²) < 4.78 is 51.5. The minimum absolute atomic E-state index is 0.00549. The van der Waals surface area contributed by atoms with E-state index in [9.17, 15) is 8.42 Å². The van der Waals surface area contributed by atoms with E-state index in [1.165, 1.54) is 23.7 Å². The molecule has 2 fully saturated rings. The summed E-state index contributed by atoms with van der Waals surface area (Å²) >= 11 is 0. The zero-order valence-corrected chi connectivity index (χ0v) is 18.9. The molecule has 32 heavy (non-hydrogen) atoms. The van der Waals surface area contributed by atoms with Gasteiger partial charge in [-0.2, -0.15) is 9.37 Å². The largest absolute Gasteiger partial charge is 0.472 e. The van der Waals surface area contributed by atoms with E-state index in [1.807, 2.05) is 11.8 Å². The summed E-state index contributed by atoms with van der Waals surface area (Å²) in [6, 6.07) is -0.197. The summed E-state index contributed by atoms with van der Waals surface area (Å²) in [5.74, 6) is -0.542. The van der Waals surface area contributed by atoms with Crippen molar-refractivity contribution in [1.29, 1.82) is 0 Å². The predicted molar refractivity (Wildman–Crippen MR) is 115 cm³/mol. The molecule has 0 bridgehead atoms. The van der Waals surface area contributed by atoms with E-state index in [-0.39, 0.29) is 35.7 Å². The van der Waals surface area contributed by atoms with Crippen LogP contribution in [0.4, 0.5) is 16.3 Å². The van der Waals surface area contributed by atoms with Crippen molar-refractivity contribution in [2.45, 2.75) is 38.0 Å². The molecule has 13 heteroatoms. The average Bonchev–Trinajstić information content (AvgIpc) is 2.71. The van der Waals surface area contributed by atoms with E-state index in [0.717, 1.165) is 6.26 Å². The highest BCUT2D eigenvalue weighted by Crippen LogP contribution is 2.34. The van der Waals surface area contributed by atoms with E-state index in [4.69, 9.17) is 15.2 Å². The van der Waals surface area contributed by atoms with E-state index in [1.54, 1.807) is 0 Å². The van der Waals surface area contributed by atoms with Gasteiger partial charge in [-0.25, -0.2) is 27.7 Å². The van der Waals surface area contributed by atoms with Crippen LogP contribution in [0.5, 0.6) is 5.88 Å². The summed E-state index contributed by atoms with van der Waals surface area (Å²) in [6.45, 7) is 3.52. The van der Waals surface area contributed by atoms with Crippen LogP contribution in [0, 0.1) is 5.82 Å². The topological polar surface area (TPSA) is 137 Å². The molecule has 4 rings (SSSR count). The Bertz CT molecular complexity index is 1080. The zero-order chi connectivity index (χ0) is 23.0. The second-order valence-electron chi connectivity index (χ2n) is 8.08. The van der Waals surface area contributed by atoms with Crippen molar-refractivity contribution in [3.05, 3.63) is 18.2 Å². The van der Waals surface area contributed by atoms with Gasteiger partial charge in [-0.3, -0.25) is 0 Å². The first-order valence-electron chi connectivity index (χ1n) is 10.2. The summed E-state index contributed by atoms with van der Waals surface area (Å²) in [5.41, 5.74) is 5.90. The number of hydrogen-bond acceptors (Lipinski definition) is 10. The number of nitrogens with zero attached hydrogens (tertiary/aromatic N) is 6. The molecule has 2 aromatic rings. The number of hydrogen-bond donors (Lipinski definition) is 1. The van der Waals surface area contributed by atoms with E-state index in [2.05, 4.69) is 19.9 Å². The van der Waals surface area contributed by atoms with Crippen LogP contribution < -0.4 is 15.4 Å². The molecule has 1 aliphatic heterocycles. The molecule has 3 heterocycles. The number of halogens is 1. The van der Waals surface area contributed by atoms with Crippen molar-refractivity contribution in [2.24, 2.45) is 0 Å². The number of rotatable bonds is 6. The Labute approximate surface area is 185 Å². The first-order valence-corrected chi connectivity index (χ1v) is 12.1. The Morgan fingerprint density at radius 3 is 2.59 bits per heavy atom. The third-order valence-corrected chi connectivity index (χ3v) is 7.11. The van der Waals surface area contributed by atoms with Gasteiger partial charge in [0.1, 0.15) is 11.8 Å². The number of aromatic nitrogens is 4. The standard InChI is InChI=1S/C19H26FN7O4S/c1-11-10-30-5-4-27(11)19-24-16(12-8-22-18(21)23-9-12)15(20)17(25-19)31-14-6-13(7-14)26(2)32(3,28)29/h8-9,11,13-14H,4-7,10H2,1-3H3,(H2,21,22,23)/t11-,13-,14-/m0/s1. The monoisotopic (exact) mass is 467 g/mol. The van der Waals surface area contributed by atoms with Crippen LogP contribution in [0.2, 0.25) is 0 Å². The first-order chi connectivity index (χ1) is 15.1. The highest BCUT2D eigenvalue weighted by molar-refractivity contribution is 7.88. The second-order valence-corrected chi connectivity index (χ2v) is 10.1. The smallest absolute Gasteiger partial charge is 0.256 e. The Kier molecular flexibility index (Phi) is 6.14. The number of nitrogen functional groups attached to an aromatic ring is 1. The lowest BCUT2D eigenvalue weighted by molar-refractivity contribution is 0.0526. The van der Waals surface area contributed by atoms with E-state index in [0.29, 0.717) is 44.1 Å². The van der Waals surface area contributed by atoms with Crippen molar-refractivity contribution in [1.82, 2.24) is 24.2 Å². The van der Waals surface area contributed by atoms with Crippen molar-refractivity contribution in [3.8, 4) is 17.1 Å². The van der Waals surface area contributed by atoms with Crippen molar-refractivity contribution >= 4 is 21.9 Å². The lowest BCUT2D eigenvalue weighted by Crippen LogP contribution is -2.49. The van der Waals surface area contributed by atoms with Gasteiger partial charge in [0.15, 0.2) is 0 Å². The fraction of sp³-hybridized carbons (Fsp3) is 0.579. The molecule has 1 aliphatic carbocycles. The third kappa shape index (κ3) is 4.59.